The van der Waals surface area contributed by atoms with Gasteiger partial charge in [0.1, 0.15) is 5.75 Å². The second kappa shape index (κ2) is 8.15. The predicted octanol–water partition coefficient (Wildman–Crippen LogP) is 2.22. The van der Waals surface area contributed by atoms with Crippen LogP contribution in [0.3, 0.4) is 0 Å². The molecule has 2 fully saturated rings. The van der Waals surface area contributed by atoms with Crippen molar-refractivity contribution in [3.63, 3.8) is 0 Å². The number of amides is 1. The Morgan fingerprint density at radius 2 is 2.19 bits per heavy atom. The molecule has 0 radical (unpaired) electrons. The van der Waals surface area contributed by atoms with E-state index < -0.39 is 9.84 Å². The van der Waals surface area contributed by atoms with Crippen molar-refractivity contribution >= 4 is 27.3 Å². The number of hydrogen-bond donors (Lipinski definition) is 0. The first-order valence-electron chi connectivity index (χ1n) is 8.84. The van der Waals surface area contributed by atoms with Crippen LogP contribution in [0.4, 0.5) is 0 Å². The van der Waals surface area contributed by atoms with Gasteiger partial charge < -0.3 is 14.4 Å². The van der Waals surface area contributed by atoms with Gasteiger partial charge in [-0.25, -0.2) is 8.42 Å². The molecular formula is C18H24ClNO5S. The molecule has 0 unspecified atom stereocenters. The van der Waals surface area contributed by atoms with Gasteiger partial charge in [0.2, 0.25) is 0 Å². The van der Waals surface area contributed by atoms with Crippen molar-refractivity contribution in [3.05, 3.63) is 28.8 Å². The Balaban J connectivity index is 1.66. The summed E-state index contributed by atoms with van der Waals surface area (Å²) in [5.41, 5.74) is 0.870. The van der Waals surface area contributed by atoms with Crippen LogP contribution in [-0.4, -0.2) is 62.6 Å². The van der Waals surface area contributed by atoms with Crippen molar-refractivity contribution in [2.24, 2.45) is 0 Å². The van der Waals surface area contributed by atoms with E-state index in [9.17, 15) is 13.2 Å². The molecular weight excluding hydrogens is 378 g/mol. The largest absolute Gasteiger partial charge is 0.484 e. The molecule has 8 heteroatoms. The summed E-state index contributed by atoms with van der Waals surface area (Å²) in [6, 6.07) is 4.92. The molecule has 3 rings (SSSR count). The third kappa shape index (κ3) is 4.90. The van der Waals surface area contributed by atoms with Crippen LogP contribution in [0.5, 0.6) is 5.75 Å². The lowest BCUT2D eigenvalue weighted by Crippen LogP contribution is -2.47. The topological polar surface area (TPSA) is 72.9 Å². The van der Waals surface area contributed by atoms with Gasteiger partial charge >= 0.3 is 0 Å². The van der Waals surface area contributed by atoms with E-state index in [1.807, 2.05) is 6.92 Å². The number of hydrogen-bond acceptors (Lipinski definition) is 5. The summed E-state index contributed by atoms with van der Waals surface area (Å²) >= 11 is 6.00. The number of carbonyl (C=O) groups is 1. The van der Waals surface area contributed by atoms with Crippen LogP contribution in [0.25, 0.3) is 0 Å². The Morgan fingerprint density at radius 1 is 1.38 bits per heavy atom. The molecule has 0 saturated carbocycles. The van der Waals surface area contributed by atoms with Crippen LogP contribution in [0.15, 0.2) is 18.2 Å². The normalized spacial score (nSPS) is 24.5. The second-order valence-electron chi connectivity index (χ2n) is 6.94. The van der Waals surface area contributed by atoms with Gasteiger partial charge in [-0.2, -0.15) is 0 Å². The molecule has 1 aromatic carbocycles. The van der Waals surface area contributed by atoms with Crippen LogP contribution >= 0.6 is 11.6 Å². The smallest absolute Gasteiger partial charge is 0.260 e. The van der Waals surface area contributed by atoms with Gasteiger partial charge in [0.25, 0.3) is 5.91 Å². The van der Waals surface area contributed by atoms with Crippen molar-refractivity contribution < 1.29 is 22.7 Å². The number of ether oxygens (including phenoxy) is 2. The number of halogens is 1. The van der Waals surface area contributed by atoms with E-state index in [1.165, 1.54) is 0 Å². The van der Waals surface area contributed by atoms with E-state index in [4.69, 9.17) is 21.1 Å². The zero-order valence-corrected chi connectivity index (χ0v) is 16.4. The van der Waals surface area contributed by atoms with E-state index in [0.29, 0.717) is 30.3 Å². The molecule has 2 aliphatic heterocycles. The van der Waals surface area contributed by atoms with Gasteiger partial charge in [0.05, 0.1) is 17.6 Å². The molecule has 144 valence electrons. The van der Waals surface area contributed by atoms with Gasteiger partial charge in [0, 0.05) is 24.2 Å². The lowest BCUT2D eigenvalue weighted by molar-refractivity contribution is -0.137. The van der Waals surface area contributed by atoms with Gasteiger partial charge in [0.15, 0.2) is 16.4 Å². The maximum atomic E-state index is 12.8. The van der Waals surface area contributed by atoms with E-state index >= 15 is 0 Å². The third-order valence-electron chi connectivity index (χ3n) is 4.89. The molecule has 6 nitrogen and oxygen atoms in total. The van der Waals surface area contributed by atoms with Crippen LogP contribution in [-0.2, 0) is 19.4 Å². The van der Waals surface area contributed by atoms with Gasteiger partial charge in [-0.3, -0.25) is 4.79 Å². The van der Waals surface area contributed by atoms with E-state index in [1.54, 1.807) is 23.1 Å². The summed E-state index contributed by atoms with van der Waals surface area (Å²) in [7, 11) is -3.08. The molecule has 1 amide bonds. The summed E-state index contributed by atoms with van der Waals surface area (Å²) < 4.78 is 34.9. The molecule has 0 bridgehead atoms. The van der Waals surface area contributed by atoms with Crippen molar-refractivity contribution in [3.8, 4) is 5.75 Å². The first-order valence-corrected chi connectivity index (χ1v) is 11.0. The fourth-order valence-electron chi connectivity index (χ4n) is 3.42. The summed E-state index contributed by atoms with van der Waals surface area (Å²) in [5, 5.41) is 0.639. The molecule has 0 N–H and O–H groups in total. The molecule has 2 heterocycles. The Bertz CT molecular complexity index is 761. The zero-order chi connectivity index (χ0) is 18.7. The number of rotatable bonds is 6. The Morgan fingerprint density at radius 3 is 2.81 bits per heavy atom. The number of nitrogens with zero attached hydrogens (tertiary/aromatic N) is 1. The van der Waals surface area contributed by atoms with Crippen molar-refractivity contribution in [2.45, 2.75) is 38.3 Å². The standard InChI is InChI=1S/C18H24ClNO5S/c1-13-9-15(4-5-17(13)19)25-11-18(21)20(10-16-3-2-7-24-16)14-6-8-26(22,23)12-14/h4-5,9,14,16H,2-3,6-8,10-12H2,1H3/t14-,16-/m1/s1. The fourth-order valence-corrected chi connectivity index (χ4v) is 5.27. The minimum absolute atomic E-state index is 0.0194. The highest BCUT2D eigenvalue weighted by Gasteiger charge is 2.36. The summed E-state index contributed by atoms with van der Waals surface area (Å²) in [6.45, 7) is 2.84. The van der Waals surface area contributed by atoms with Crippen LogP contribution in [0.2, 0.25) is 5.02 Å². The second-order valence-corrected chi connectivity index (χ2v) is 9.57. The molecule has 0 aromatic heterocycles. The average Bonchev–Trinajstić information content (AvgIpc) is 3.22. The zero-order valence-electron chi connectivity index (χ0n) is 14.8. The highest BCUT2D eigenvalue weighted by Crippen LogP contribution is 2.23. The lowest BCUT2D eigenvalue weighted by atomic mass is 10.1. The van der Waals surface area contributed by atoms with Gasteiger partial charge in [-0.1, -0.05) is 11.6 Å². The maximum Gasteiger partial charge on any atom is 0.260 e. The van der Waals surface area contributed by atoms with E-state index in [2.05, 4.69) is 0 Å². The summed E-state index contributed by atoms with van der Waals surface area (Å²) in [5.74, 6) is 0.502. The highest BCUT2D eigenvalue weighted by molar-refractivity contribution is 7.91. The quantitative estimate of drug-likeness (QED) is 0.730. The van der Waals surface area contributed by atoms with E-state index in [-0.39, 0.29) is 36.2 Å². The third-order valence-corrected chi connectivity index (χ3v) is 7.06. The first-order chi connectivity index (χ1) is 12.3. The highest BCUT2D eigenvalue weighted by atomic mass is 35.5. The molecule has 26 heavy (non-hydrogen) atoms. The monoisotopic (exact) mass is 401 g/mol. The Labute approximate surface area is 159 Å². The van der Waals surface area contributed by atoms with Crippen LogP contribution in [0, 0.1) is 6.92 Å². The average molecular weight is 402 g/mol. The minimum atomic E-state index is -3.08. The van der Waals surface area contributed by atoms with Crippen molar-refractivity contribution in [1.82, 2.24) is 4.90 Å². The summed E-state index contributed by atoms with van der Waals surface area (Å²) in [6.07, 6.45) is 2.30. The number of aryl methyl sites for hydroxylation is 1. The van der Waals surface area contributed by atoms with Crippen molar-refractivity contribution in [1.29, 1.82) is 0 Å². The predicted molar refractivity (Wildman–Crippen MR) is 99.4 cm³/mol. The number of benzene rings is 1. The SMILES string of the molecule is Cc1cc(OCC(=O)N(C[C@H]2CCCO2)[C@@H]2CCS(=O)(=O)C2)ccc1Cl. The lowest BCUT2D eigenvalue weighted by Gasteiger charge is -2.30. The minimum Gasteiger partial charge on any atom is -0.484 e. The molecule has 2 saturated heterocycles. The molecule has 2 aliphatic rings. The van der Waals surface area contributed by atoms with Gasteiger partial charge in [-0.15, -0.1) is 0 Å². The maximum absolute atomic E-state index is 12.8. The van der Waals surface area contributed by atoms with E-state index in [0.717, 1.165) is 18.4 Å². The summed E-state index contributed by atoms with van der Waals surface area (Å²) in [4.78, 5) is 14.4. The molecule has 0 aliphatic carbocycles. The number of sulfone groups is 1. The Hall–Kier alpha value is -1.31. The van der Waals surface area contributed by atoms with Gasteiger partial charge in [-0.05, 0) is 49.9 Å². The Kier molecular flexibility index (Phi) is 6.10. The number of carbonyl (C=O) groups excluding carboxylic acids is 1. The first kappa shape index (κ1) is 19.5. The molecule has 1 aromatic rings. The van der Waals surface area contributed by atoms with Crippen molar-refractivity contribution in [2.75, 3.05) is 31.3 Å². The van der Waals surface area contributed by atoms with Crippen LogP contribution < -0.4 is 4.74 Å². The molecule has 2 atom stereocenters. The fraction of sp³-hybridized carbons (Fsp3) is 0.611. The molecule has 0 spiro atoms. The van der Waals surface area contributed by atoms with Crippen LogP contribution in [0.1, 0.15) is 24.8 Å².